The van der Waals surface area contributed by atoms with Crippen LogP contribution in [0.15, 0.2) is 47.5 Å². The third kappa shape index (κ3) is 2.66. The van der Waals surface area contributed by atoms with Crippen molar-refractivity contribution in [1.29, 1.82) is 0 Å². The van der Waals surface area contributed by atoms with Crippen LogP contribution in [0.3, 0.4) is 0 Å². The second-order valence-corrected chi connectivity index (χ2v) is 7.48. The lowest BCUT2D eigenvalue weighted by Crippen LogP contribution is -2.02. The Kier molecular flexibility index (Phi) is 4.20. The predicted octanol–water partition coefficient (Wildman–Crippen LogP) is 4.52. The summed E-state index contributed by atoms with van der Waals surface area (Å²) in [6.45, 7) is 2.17. The molecule has 3 N–H and O–H groups in total. The van der Waals surface area contributed by atoms with Gasteiger partial charge in [-0.15, -0.1) is 11.8 Å². The first kappa shape index (κ1) is 16.7. The van der Waals surface area contributed by atoms with Gasteiger partial charge in [-0.05, 0) is 35.6 Å². The van der Waals surface area contributed by atoms with Crippen LogP contribution in [0.4, 0.5) is 11.8 Å². The van der Waals surface area contributed by atoms with Crippen LogP contribution in [0.2, 0.25) is 0 Å². The van der Waals surface area contributed by atoms with E-state index in [1.165, 1.54) is 16.0 Å². The van der Waals surface area contributed by atoms with Crippen LogP contribution in [0.5, 0.6) is 0 Å². The maximum absolute atomic E-state index is 5.92. The van der Waals surface area contributed by atoms with E-state index in [4.69, 9.17) is 5.73 Å². The largest absolute Gasteiger partial charge is 0.372 e. The normalized spacial score (nSPS) is 11.3. The van der Waals surface area contributed by atoms with Crippen molar-refractivity contribution in [3.63, 3.8) is 0 Å². The summed E-state index contributed by atoms with van der Waals surface area (Å²) < 4.78 is 2.15. The topological polar surface area (TPSA) is 68.8 Å². The second-order valence-electron chi connectivity index (χ2n) is 6.14. The van der Waals surface area contributed by atoms with Gasteiger partial charge in [0.15, 0.2) is 0 Å². The highest BCUT2D eigenvalue weighted by Crippen LogP contribution is 2.37. The predicted molar refractivity (Wildman–Crippen MR) is 112 cm³/mol. The quantitative estimate of drug-likeness (QED) is 0.522. The van der Waals surface area contributed by atoms with Gasteiger partial charge in [-0.25, -0.2) is 4.98 Å². The van der Waals surface area contributed by atoms with Crippen LogP contribution in [0, 0.1) is 0 Å². The van der Waals surface area contributed by atoms with E-state index in [0.29, 0.717) is 0 Å². The molecule has 0 saturated carbocycles. The van der Waals surface area contributed by atoms with E-state index < -0.39 is 0 Å². The Morgan fingerprint density at radius 2 is 1.92 bits per heavy atom. The lowest BCUT2D eigenvalue weighted by atomic mass is 10.00. The Morgan fingerprint density at radius 3 is 2.62 bits per heavy atom. The van der Waals surface area contributed by atoms with Gasteiger partial charge < -0.3 is 15.6 Å². The summed E-state index contributed by atoms with van der Waals surface area (Å²) in [5, 5.41) is 5.27. The van der Waals surface area contributed by atoms with Crippen molar-refractivity contribution in [2.75, 3.05) is 23.9 Å². The first-order valence-electron chi connectivity index (χ1n) is 8.58. The summed E-state index contributed by atoms with van der Waals surface area (Å²) >= 11 is 1.85. The van der Waals surface area contributed by atoms with Gasteiger partial charge >= 0.3 is 0 Å². The Hall–Kier alpha value is -2.73. The fourth-order valence-corrected chi connectivity index (χ4v) is 4.10. The molecular weight excluding hydrogens is 342 g/mol. The summed E-state index contributed by atoms with van der Waals surface area (Å²) in [4.78, 5) is 10.1. The molecule has 4 rings (SSSR count). The van der Waals surface area contributed by atoms with Crippen LogP contribution in [-0.2, 0) is 7.05 Å². The highest BCUT2D eigenvalue weighted by molar-refractivity contribution is 7.99. The van der Waals surface area contributed by atoms with E-state index >= 15 is 0 Å². The molecule has 0 unspecified atom stereocenters. The van der Waals surface area contributed by atoms with E-state index in [1.807, 2.05) is 18.8 Å². The lowest BCUT2D eigenvalue weighted by molar-refractivity contribution is 0.970. The summed E-state index contributed by atoms with van der Waals surface area (Å²) in [5.41, 5.74) is 10.3. The highest BCUT2D eigenvalue weighted by Gasteiger charge is 2.16. The highest BCUT2D eigenvalue weighted by atomic mass is 32.2. The summed E-state index contributed by atoms with van der Waals surface area (Å²) in [6, 6.07) is 12.9. The number of rotatable bonds is 4. The Balaban J connectivity index is 2.03. The maximum Gasteiger partial charge on any atom is 0.222 e. The molecule has 0 fully saturated rings. The van der Waals surface area contributed by atoms with Crippen molar-refractivity contribution < 1.29 is 0 Å². The number of benzene rings is 2. The zero-order valence-corrected chi connectivity index (χ0v) is 15.9. The van der Waals surface area contributed by atoms with Crippen LogP contribution in [0.25, 0.3) is 32.9 Å². The number of nitrogens with one attached hydrogen (secondary N) is 1. The molecular formula is C20H21N5S. The van der Waals surface area contributed by atoms with Crippen molar-refractivity contribution in [2.24, 2.45) is 7.05 Å². The average molecular weight is 363 g/mol. The molecule has 26 heavy (non-hydrogen) atoms. The molecule has 0 aliphatic heterocycles. The molecule has 0 amide bonds. The molecule has 4 aromatic rings. The smallest absolute Gasteiger partial charge is 0.222 e. The van der Waals surface area contributed by atoms with Gasteiger partial charge in [0.25, 0.3) is 0 Å². The van der Waals surface area contributed by atoms with E-state index in [9.17, 15) is 0 Å². The zero-order chi connectivity index (χ0) is 18.3. The van der Waals surface area contributed by atoms with Crippen molar-refractivity contribution >= 4 is 45.3 Å². The monoisotopic (exact) mass is 363 g/mol. The summed E-state index contributed by atoms with van der Waals surface area (Å²) in [6.07, 6.45) is 2.07. The number of fused-ring (bicyclic) bond motifs is 3. The SMILES string of the molecule is CCSc1ccc(-c2cc3nc(N)nc(NC)c3c3ccn(C)c23)cc1. The fourth-order valence-electron chi connectivity index (χ4n) is 3.44. The number of nitrogens with two attached hydrogens (primary N) is 1. The molecule has 6 heteroatoms. The molecule has 0 bridgehead atoms. The third-order valence-corrected chi connectivity index (χ3v) is 5.44. The third-order valence-electron chi connectivity index (χ3n) is 4.55. The van der Waals surface area contributed by atoms with E-state index in [1.54, 1.807) is 0 Å². The maximum atomic E-state index is 5.92. The zero-order valence-electron chi connectivity index (χ0n) is 15.1. The van der Waals surface area contributed by atoms with Crippen molar-refractivity contribution in [3.05, 3.63) is 42.6 Å². The van der Waals surface area contributed by atoms with Gasteiger partial charge in [-0.1, -0.05) is 19.1 Å². The molecule has 2 aromatic heterocycles. The molecule has 5 nitrogen and oxygen atoms in total. The number of hydrogen-bond donors (Lipinski definition) is 2. The van der Waals surface area contributed by atoms with Crippen LogP contribution in [-0.4, -0.2) is 27.3 Å². The van der Waals surface area contributed by atoms with Crippen molar-refractivity contribution in [1.82, 2.24) is 14.5 Å². The molecule has 0 spiro atoms. The van der Waals surface area contributed by atoms with Gasteiger partial charge in [0, 0.05) is 36.1 Å². The molecule has 0 atom stereocenters. The van der Waals surface area contributed by atoms with Crippen molar-refractivity contribution in [2.45, 2.75) is 11.8 Å². The molecule has 0 radical (unpaired) electrons. The Labute approximate surface area is 156 Å². The molecule has 132 valence electrons. The van der Waals surface area contributed by atoms with Crippen LogP contribution >= 0.6 is 11.8 Å². The molecule has 0 aliphatic rings. The van der Waals surface area contributed by atoms with E-state index in [0.717, 1.165) is 33.4 Å². The van der Waals surface area contributed by atoms with Gasteiger partial charge in [-0.3, -0.25) is 0 Å². The first-order chi connectivity index (χ1) is 12.6. The van der Waals surface area contributed by atoms with Gasteiger partial charge in [-0.2, -0.15) is 4.98 Å². The number of nitrogens with zero attached hydrogens (tertiary/aromatic N) is 3. The van der Waals surface area contributed by atoms with Gasteiger partial charge in [0.2, 0.25) is 5.95 Å². The van der Waals surface area contributed by atoms with E-state index in [-0.39, 0.29) is 5.95 Å². The summed E-state index contributed by atoms with van der Waals surface area (Å²) in [7, 11) is 3.92. The number of hydrogen-bond acceptors (Lipinski definition) is 5. The minimum Gasteiger partial charge on any atom is -0.372 e. The first-order valence-corrected chi connectivity index (χ1v) is 9.57. The Bertz CT molecular complexity index is 1100. The standard InChI is InChI=1S/C20H21N5S/c1-4-26-13-7-5-12(6-8-13)15-11-16-17(14-9-10-25(3)18(14)15)19(22-2)24-20(21)23-16/h5-11H,4H2,1-3H3,(H3,21,22,23,24). The van der Waals surface area contributed by atoms with Crippen LogP contribution in [0.1, 0.15) is 6.92 Å². The van der Waals surface area contributed by atoms with Gasteiger partial charge in [0.1, 0.15) is 5.82 Å². The number of thioether (sulfide) groups is 1. The molecule has 0 saturated heterocycles. The number of nitrogen functional groups attached to an aromatic ring is 1. The minimum absolute atomic E-state index is 0.276. The van der Waals surface area contributed by atoms with Crippen molar-refractivity contribution in [3.8, 4) is 11.1 Å². The molecule has 0 aliphatic carbocycles. The number of aromatic nitrogens is 3. The van der Waals surface area contributed by atoms with Crippen LogP contribution < -0.4 is 11.1 Å². The Morgan fingerprint density at radius 1 is 1.15 bits per heavy atom. The molecule has 2 heterocycles. The van der Waals surface area contributed by atoms with E-state index in [2.05, 4.69) is 76.4 Å². The van der Waals surface area contributed by atoms with Gasteiger partial charge in [0.05, 0.1) is 16.4 Å². The average Bonchev–Trinajstić information content (AvgIpc) is 3.03. The second kappa shape index (κ2) is 6.53. The number of anilines is 2. The summed E-state index contributed by atoms with van der Waals surface area (Å²) in [5.74, 6) is 2.10. The number of aryl methyl sites for hydroxylation is 1. The fraction of sp³-hybridized carbons (Fsp3) is 0.200. The molecule has 2 aromatic carbocycles. The minimum atomic E-state index is 0.276. The lowest BCUT2D eigenvalue weighted by Gasteiger charge is -2.13.